The van der Waals surface area contributed by atoms with Crippen LogP contribution in [0.1, 0.15) is 226 Å². The van der Waals surface area contributed by atoms with E-state index in [2.05, 4.69) is 31.4 Å². The summed E-state index contributed by atoms with van der Waals surface area (Å²) < 4.78 is 0. The van der Waals surface area contributed by atoms with Gasteiger partial charge in [-0.3, -0.25) is 0 Å². The van der Waals surface area contributed by atoms with E-state index in [0.29, 0.717) is 0 Å². The predicted octanol–water partition coefficient (Wildman–Crippen LogP) is 14.8. The van der Waals surface area contributed by atoms with E-state index in [4.69, 9.17) is 0 Å². The van der Waals surface area contributed by atoms with E-state index in [0.717, 1.165) is 0 Å². The molecule has 0 aromatic carbocycles. The molecule has 0 nitrogen and oxygen atoms in total. The van der Waals surface area contributed by atoms with Crippen LogP contribution in [0.2, 0.25) is 0 Å². The second-order valence-electron chi connectivity index (χ2n) is 12.4. The molecule has 0 saturated heterocycles. The summed E-state index contributed by atoms with van der Waals surface area (Å²) in [4.78, 5) is 0. The van der Waals surface area contributed by atoms with Crippen molar-refractivity contribution in [3.8, 4) is 0 Å². The van der Waals surface area contributed by atoms with Crippen molar-refractivity contribution in [1.29, 1.82) is 0 Å². The van der Waals surface area contributed by atoms with Gasteiger partial charge < -0.3 is 0 Å². The second kappa shape index (κ2) is 37.4. The molecule has 38 heavy (non-hydrogen) atoms. The van der Waals surface area contributed by atoms with Crippen molar-refractivity contribution < 1.29 is 0 Å². The minimum absolute atomic E-state index is 1.34. The highest BCUT2D eigenvalue weighted by molar-refractivity contribution is 8.01. The van der Waals surface area contributed by atoms with Crippen LogP contribution in [0, 0.1) is 5.75 Å². The van der Waals surface area contributed by atoms with E-state index in [9.17, 15) is 0 Å². The minimum atomic E-state index is 1.34. The molecular weight excluding hydrogens is 476 g/mol. The largest absolute Gasteiger partial charge is 0.157 e. The van der Waals surface area contributed by atoms with Gasteiger partial charge in [0, 0.05) is 5.75 Å². The van der Waals surface area contributed by atoms with Crippen LogP contribution in [0.15, 0.2) is 0 Å². The first-order chi connectivity index (χ1) is 18.9. The third kappa shape index (κ3) is 36.4. The lowest BCUT2D eigenvalue weighted by molar-refractivity contribution is 0.527. The lowest BCUT2D eigenvalue weighted by Crippen LogP contribution is -1.85. The molecule has 0 heterocycles. The zero-order valence-electron chi connectivity index (χ0n) is 27.0. The Bertz CT molecular complexity index is 343. The summed E-state index contributed by atoms with van der Waals surface area (Å²) in [6, 6.07) is 0. The third-order valence-corrected chi connectivity index (χ3v) is 9.40. The Balaban J connectivity index is 3.01. The molecule has 0 aliphatic heterocycles. The number of hydrogen-bond donors (Lipinski definition) is 0. The van der Waals surface area contributed by atoms with Gasteiger partial charge >= 0.3 is 0 Å². The number of unbranched alkanes of at least 4 members (excludes halogenated alkanes) is 31. The molecule has 0 aliphatic carbocycles. The summed E-state index contributed by atoms with van der Waals surface area (Å²) in [6.07, 6.45) is 48.3. The Morgan fingerprint density at radius 2 is 0.526 bits per heavy atom. The van der Waals surface area contributed by atoms with Crippen LogP contribution >= 0.6 is 11.8 Å². The fourth-order valence-corrected chi connectivity index (χ4v) is 6.55. The fraction of sp³-hybridized carbons (Fsp3) is 0.973. The molecule has 0 aliphatic rings. The van der Waals surface area contributed by atoms with Crippen LogP contribution in [-0.2, 0) is 0 Å². The van der Waals surface area contributed by atoms with Crippen molar-refractivity contribution in [3.05, 3.63) is 5.75 Å². The first-order valence-electron chi connectivity index (χ1n) is 18.3. The zero-order chi connectivity index (χ0) is 27.5. The van der Waals surface area contributed by atoms with Crippen LogP contribution in [0.4, 0.5) is 0 Å². The lowest BCUT2D eigenvalue weighted by atomic mass is 10.0. The molecule has 0 amide bonds. The Morgan fingerprint density at radius 1 is 0.289 bits per heavy atom. The Labute approximate surface area is 248 Å². The summed E-state index contributed by atoms with van der Waals surface area (Å²) in [6.45, 7) is 4.61. The number of hydrogen-bond acceptors (Lipinski definition) is 1. The van der Waals surface area contributed by atoms with E-state index >= 15 is 0 Å². The monoisotopic (exact) mass is 552 g/mol. The molecule has 0 unspecified atom stereocenters. The van der Waals surface area contributed by atoms with Gasteiger partial charge in [0.15, 0.2) is 0 Å². The van der Waals surface area contributed by atoms with Crippen LogP contribution in [-0.4, -0.2) is 5.75 Å². The molecule has 1 heteroatoms. The predicted molar refractivity (Wildman–Crippen MR) is 180 cm³/mol. The molecule has 0 bridgehead atoms. The molecule has 0 atom stereocenters. The van der Waals surface area contributed by atoms with Gasteiger partial charge in [0.2, 0.25) is 0 Å². The number of thioether (sulfide) groups is 1. The summed E-state index contributed by atoms with van der Waals surface area (Å²) in [5, 5.41) is 0. The molecule has 0 fully saturated rings. The highest BCUT2D eigenvalue weighted by atomic mass is 32.2. The van der Waals surface area contributed by atoms with Gasteiger partial charge in [-0.25, -0.2) is 0 Å². The van der Waals surface area contributed by atoms with E-state index in [1.807, 2.05) is 0 Å². The second-order valence-corrected chi connectivity index (χ2v) is 13.5. The maximum atomic E-state index is 2.51. The van der Waals surface area contributed by atoms with Crippen molar-refractivity contribution >= 4 is 11.8 Å². The van der Waals surface area contributed by atoms with Gasteiger partial charge in [0.25, 0.3) is 0 Å². The maximum Gasteiger partial charge on any atom is 0.0166 e. The SMILES string of the molecule is CCCCCCCCCCCCCCCCCCC[CH]SCCCCCCCCCCCCCCCCC. The van der Waals surface area contributed by atoms with E-state index in [-0.39, 0.29) is 0 Å². The Kier molecular flexibility index (Phi) is 37.7. The Morgan fingerprint density at radius 3 is 0.816 bits per heavy atom. The third-order valence-electron chi connectivity index (χ3n) is 8.41. The first kappa shape index (κ1) is 38.4. The summed E-state index contributed by atoms with van der Waals surface area (Å²) in [7, 11) is 0. The van der Waals surface area contributed by atoms with Crippen molar-refractivity contribution in [2.75, 3.05) is 5.75 Å². The van der Waals surface area contributed by atoms with Crippen molar-refractivity contribution in [2.45, 2.75) is 226 Å². The maximum absolute atomic E-state index is 2.51. The standard InChI is InChI=1S/C37H75S/c1-3-5-7-9-11-13-15-17-19-20-21-23-25-27-29-31-33-35-37-38-36-34-32-30-28-26-24-22-18-16-14-12-10-8-6-4-2/h37H,3-36H2,1-2H3. The highest BCUT2D eigenvalue weighted by Crippen LogP contribution is 2.18. The van der Waals surface area contributed by atoms with Crippen molar-refractivity contribution in [2.24, 2.45) is 0 Å². The van der Waals surface area contributed by atoms with Gasteiger partial charge in [-0.1, -0.05) is 213 Å². The zero-order valence-corrected chi connectivity index (χ0v) is 27.8. The molecule has 0 rings (SSSR count). The topological polar surface area (TPSA) is 0 Å². The quantitative estimate of drug-likeness (QED) is 0.0706. The lowest BCUT2D eigenvalue weighted by Gasteiger charge is -2.04. The molecule has 0 saturated carbocycles. The molecule has 229 valence electrons. The minimum Gasteiger partial charge on any atom is -0.157 e. The molecule has 1 radical (unpaired) electrons. The van der Waals surface area contributed by atoms with E-state index in [1.54, 1.807) is 0 Å². The normalized spacial score (nSPS) is 11.5. The molecular formula is C37H75S. The molecule has 0 aromatic rings. The van der Waals surface area contributed by atoms with Crippen LogP contribution < -0.4 is 0 Å². The summed E-state index contributed by atoms with van der Waals surface area (Å²) in [5.74, 6) is 3.87. The summed E-state index contributed by atoms with van der Waals surface area (Å²) >= 11 is 2.10. The van der Waals surface area contributed by atoms with Gasteiger partial charge in [0.1, 0.15) is 0 Å². The average Bonchev–Trinajstić information content (AvgIpc) is 2.93. The van der Waals surface area contributed by atoms with Crippen molar-refractivity contribution in [3.63, 3.8) is 0 Å². The highest BCUT2D eigenvalue weighted by Gasteiger charge is 1.97. The van der Waals surface area contributed by atoms with Crippen molar-refractivity contribution in [1.82, 2.24) is 0 Å². The van der Waals surface area contributed by atoms with Crippen LogP contribution in [0.3, 0.4) is 0 Å². The number of rotatable bonds is 35. The van der Waals surface area contributed by atoms with Gasteiger partial charge in [-0.2, -0.15) is 11.8 Å². The average molecular weight is 552 g/mol. The van der Waals surface area contributed by atoms with Gasteiger partial charge in [-0.15, -0.1) is 0 Å². The fourth-order valence-electron chi connectivity index (χ4n) is 5.68. The Hall–Kier alpha value is 0.350. The van der Waals surface area contributed by atoms with Gasteiger partial charge in [-0.05, 0) is 18.6 Å². The smallest absolute Gasteiger partial charge is 0.0166 e. The van der Waals surface area contributed by atoms with Crippen LogP contribution in [0.25, 0.3) is 0 Å². The van der Waals surface area contributed by atoms with Gasteiger partial charge in [0.05, 0.1) is 0 Å². The summed E-state index contributed by atoms with van der Waals surface area (Å²) in [5.41, 5.74) is 0. The first-order valence-corrected chi connectivity index (χ1v) is 19.4. The molecule has 0 N–H and O–H groups in total. The van der Waals surface area contributed by atoms with Crippen LogP contribution in [0.5, 0.6) is 0 Å². The van der Waals surface area contributed by atoms with E-state index in [1.165, 1.54) is 218 Å². The molecule has 0 spiro atoms. The molecule has 0 aromatic heterocycles. The van der Waals surface area contributed by atoms with E-state index < -0.39 is 0 Å².